The lowest BCUT2D eigenvalue weighted by atomic mass is 10.1. The van der Waals surface area contributed by atoms with Crippen molar-refractivity contribution in [1.29, 1.82) is 0 Å². The number of fused-ring (bicyclic) bond motifs is 5. The molecule has 0 radical (unpaired) electrons. The van der Waals surface area contributed by atoms with Crippen LogP contribution in [0.2, 0.25) is 5.28 Å². The Kier molecular flexibility index (Phi) is 13.4. The van der Waals surface area contributed by atoms with Crippen LogP contribution in [0.5, 0.6) is 0 Å². The molecule has 9 aromatic rings. The molecule has 0 saturated carbocycles. The fourth-order valence-corrected chi connectivity index (χ4v) is 9.17. The van der Waals surface area contributed by atoms with Crippen LogP contribution in [0, 0.1) is 6.92 Å². The number of aryl methyl sites for hydroxylation is 1. The molecule has 7 heterocycles. The molecule has 0 aliphatic carbocycles. The first-order valence-corrected chi connectivity index (χ1v) is 22.7. The summed E-state index contributed by atoms with van der Waals surface area (Å²) in [6, 6.07) is 31.1. The van der Waals surface area contributed by atoms with Crippen molar-refractivity contribution in [3.63, 3.8) is 0 Å². The minimum Gasteiger partial charge on any atom is -0.475 e. The van der Waals surface area contributed by atoms with Gasteiger partial charge in [-0.05, 0) is 137 Å². The lowest BCUT2D eigenvalue weighted by Crippen LogP contribution is -1.98. The zero-order chi connectivity index (χ0) is 44.0. The number of carbonyl (C=O) groups excluding carboxylic acids is 1. The quantitative estimate of drug-likeness (QED) is 0.108. The fraction of sp³-hybridized carbons (Fsp3) is 0.0870. The number of carbonyl (C=O) groups is 2. The maximum absolute atomic E-state index is 11.1. The van der Waals surface area contributed by atoms with E-state index in [2.05, 4.69) is 96.7 Å². The molecular formula is C46H33Br2ClN8O4S2. The highest BCUT2D eigenvalue weighted by molar-refractivity contribution is 9.10. The van der Waals surface area contributed by atoms with Crippen molar-refractivity contribution in [2.45, 2.75) is 26.9 Å². The summed E-state index contributed by atoms with van der Waals surface area (Å²) in [7, 11) is 0. The zero-order valence-corrected chi connectivity index (χ0v) is 38.8. The van der Waals surface area contributed by atoms with E-state index < -0.39 is 5.97 Å². The van der Waals surface area contributed by atoms with Gasteiger partial charge in [-0.3, -0.25) is 14.8 Å². The van der Waals surface area contributed by atoms with Gasteiger partial charge in [0.2, 0.25) is 11.0 Å². The van der Waals surface area contributed by atoms with E-state index >= 15 is 0 Å². The second kappa shape index (κ2) is 19.5. The topological polar surface area (TPSA) is 168 Å². The van der Waals surface area contributed by atoms with Crippen LogP contribution in [0.25, 0.3) is 31.3 Å². The average Bonchev–Trinajstić information content (AvgIpc) is 4.11. The van der Waals surface area contributed by atoms with E-state index in [0.29, 0.717) is 11.4 Å². The van der Waals surface area contributed by atoms with E-state index in [9.17, 15) is 9.59 Å². The number of nitrogens with zero attached hydrogens (tertiary/aromatic N) is 6. The molecule has 2 aliphatic heterocycles. The number of hydrogen-bond acceptors (Lipinski definition) is 13. The summed E-state index contributed by atoms with van der Waals surface area (Å²) in [6.45, 7) is 5.07. The smallest absolute Gasteiger partial charge is 0.371 e. The third-order valence-electron chi connectivity index (χ3n) is 9.37. The molecule has 4 aromatic carbocycles. The van der Waals surface area contributed by atoms with E-state index in [1.807, 2.05) is 73.3 Å². The number of furan rings is 1. The SMILES string of the molecule is CC(=O)c1cc2ccc(Br)cc2s1.Cc1nc(Nc2ccc3c(c2)C=NC3)c2sccc2n1.Clc1nccc(Nc2ccc3c(c2)C=NC3)n1.O=C(O)c1cc2ccc(Br)cc2o1. The minimum absolute atomic E-state index is 0.0342. The summed E-state index contributed by atoms with van der Waals surface area (Å²) in [5.41, 5.74) is 8.42. The summed E-state index contributed by atoms with van der Waals surface area (Å²) < 4.78 is 9.24. The van der Waals surface area contributed by atoms with E-state index in [4.69, 9.17) is 21.1 Å². The predicted octanol–water partition coefficient (Wildman–Crippen LogP) is 13.2. The molecule has 0 unspecified atom stereocenters. The summed E-state index contributed by atoms with van der Waals surface area (Å²) in [5.74, 6) is 1.39. The number of thiophene rings is 2. The van der Waals surface area contributed by atoms with Crippen LogP contribution in [0.4, 0.5) is 23.0 Å². The summed E-state index contributed by atoms with van der Waals surface area (Å²) in [5, 5.41) is 19.4. The van der Waals surface area contributed by atoms with E-state index in [-0.39, 0.29) is 16.8 Å². The Morgan fingerprint density at radius 3 is 2.14 bits per heavy atom. The van der Waals surface area contributed by atoms with Crippen molar-refractivity contribution < 1.29 is 19.1 Å². The van der Waals surface area contributed by atoms with Crippen LogP contribution in [-0.4, -0.2) is 49.2 Å². The summed E-state index contributed by atoms with van der Waals surface area (Å²) in [4.78, 5) is 47.8. The van der Waals surface area contributed by atoms with Gasteiger partial charge < -0.3 is 20.2 Å². The van der Waals surface area contributed by atoms with Gasteiger partial charge in [-0.15, -0.1) is 22.7 Å². The van der Waals surface area contributed by atoms with E-state index in [1.165, 1.54) is 34.1 Å². The molecule has 3 N–H and O–H groups in total. The number of nitrogens with one attached hydrogen (secondary N) is 2. The highest BCUT2D eigenvalue weighted by Gasteiger charge is 2.12. The molecular weight excluding hydrogens is 988 g/mol. The van der Waals surface area contributed by atoms with Crippen LogP contribution in [0.15, 0.2) is 132 Å². The maximum Gasteiger partial charge on any atom is 0.371 e. The molecule has 314 valence electrons. The molecule has 17 heteroatoms. The molecule has 0 atom stereocenters. The van der Waals surface area contributed by atoms with E-state index in [0.717, 1.165) is 81.2 Å². The van der Waals surface area contributed by atoms with Crippen LogP contribution in [0.1, 0.15) is 55.2 Å². The Morgan fingerprint density at radius 1 is 0.778 bits per heavy atom. The van der Waals surface area contributed by atoms with Crippen molar-refractivity contribution >= 4 is 145 Å². The maximum atomic E-state index is 11.1. The van der Waals surface area contributed by atoms with Crippen LogP contribution in [-0.2, 0) is 13.1 Å². The van der Waals surface area contributed by atoms with Crippen molar-refractivity contribution in [2.75, 3.05) is 10.6 Å². The Bertz CT molecular complexity index is 3150. The van der Waals surface area contributed by atoms with Gasteiger partial charge in [-0.25, -0.2) is 24.7 Å². The minimum atomic E-state index is -1.05. The van der Waals surface area contributed by atoms with Crippen LogP contribution < -0.4 is 10.6 Å². The lowest BCUT2D eigenvalue weighted by molar-refractivity contribution is 0.0664. The summed E-state index contributed by atoms with van der Waals surface area (Å²) in [6.07, 6.45) is 5.42. The first-order valence-electron chi connectivity index (χ1n) is 19.1. The molecule has 2 aliphatic rings. The van der Waals surface area contributed by atoms with Crippen LogP contribution in [0.3, 0.4) is 0 Å². The number of ketones is 1. The van der Waals surface area contributed by atoms with Crippen molar-refractivity contribution in [3.05, 3.63) is 162 Å². The molecule has 0 fully saturated rings. The van der Waals surface area contributed by atoms with Crippen molar-refractivity contribution in [1.82, 2.24) is 19.9 Å². The number of carboxylic acids is 1. The molecule has 12 nitrogen and oxygen atoms in total. The molecule has 0 amide bonds. The molecule has 11 rings (SSSR count). The number of rotatable bonds is 6. The van der Waals surface area contributed by atoms with Gasteiger partial charge in [0, 0.05) is 49.0 Å². The first kappa shape index (κ1) is 43.5. The Balaban J connectivity index is 0.000000117. The number of aromatic nitrogens is 4. The molecule has 0 bridgehead atoms. The van der Waals surface area contributed by atoms with Crippen molar-refractivity contribution in [2.24, 2.45) is 9.98 Å². The number of anilines is 4. The summed E-state index contributed by atoms with van der Waals surface area (Å²) >= 11 is 15.6. The van der Waals surface area contributed by atoms with Gasteiger partial charge in [0.15, 0.2) is 11.6 Å². The number of aliphatic imine (C=N–C) groups is 2. The van der Waals surface area contributed by atoms with Gasteiger partial charge in [-0.1, -0.05) is 50.1 Å². The second-order valence-corrected chi connectivity index (χ2v) is 18.1. The standard InChI is InChI=1S/C15H12N4S.C12H9ClN4.C10H7BrOS.C9H5BrO3/c1-9-17-13-4-5-20-14(13)15(18-9)19-12-3-2-10-7-16-8-11(10)6-12;13-12-15-4-3-11(17-12)16-10-2-1-8-6-14-7-9(8)5-10;1-6(12)9-4-7-2-3-8(11)5-10(7)13-9;10-6-2-1-5-3-8(9(11)12)13-7(5)4-6/h2-6,8H,7H2,1H3,(H,17,18,19);1-5,7H,6H2,(H,15,16,17);2-5H,1H3;1-4H,(H,11,12). The molecule has 63 heavy (non-hydrogen) atoms. The van der Waals surface area contributed by atoms with Gasteiger partial charge in [0.25, 0.3) is 0 Å². The number of benzene rings is 4. The second-order valence-electron chi connectivity index (χ2n) is 13.9. The van der Waals surface area contributed by atoms with Crippen molar-refractivity contribution in [3.8, 4) is 0 Å². The van der Waals surface area contributed by atoms with Crippen LogP contribution >= 0.6 is 66.1 Å². The molecule has 5 aromatic heterocycles. The predicted molar refractivity (Wildman–Crippen MR) is 262 cm³/mol. The number of Topliss-reactive ketones (excluding diaryl/α,β-unsaturated/α-hetero) is 1. The normalized spacial score (nSPS) is 11.8. The van der Waals surface area contributed by atoms with Gasteiger partial charge >= 0.3 is 5.97 Å². The van der Waals surface area contributed by atoms with Gasteiger partial charge in [0.1, 0.15) is 17.2 Å². The monoisotopic (exact) mass is 1020 g/mol. The first-order chi connectivity index (χ1) is 30.4. The average molecular weight is 1020 g/mol. The third kappa shape index (κ3) is 10.9. The molecule has 0 spiro atoms. The highest BCUT2D eigenvalue weighted by atomic mass is 79.9. The number of halogens is 3. The Hall–Kier alpha value is -6.17. The third-order valence-corrected chi connectivity index (χ3v) is 12.7. The zero-order valence-electron chi connectivity index (χ0n) is 33.3. The fourth-order valence-electron chi connectivity index (χ4n) is 6.40. The van der Waals surface area contributed by atoms with Gasteiger partial charge in [-0.2, -0.15) is 0 Å². The molecule has 0 saturated heterocycles. The number of aromatic carboxylic acids is 1. The van der Waals surface area contributed by atoms with E-state index in [1.54, 1.807) is 42.7 Å². The van der Waals surface area contributed by atoms with Gasteiger partial charge in [0.05, 0.1) is 28.2 Å². The Labute approximate surface area is 390 Å². The largest absolute Gasteiger partial charge is 0.475 e. The Morgan fingerprint density at radius 2 is 1.46 bits per heavy atom. The highest BCUT2D eigenvalue weighted by Crippen LogP contribution is 2.31. The number of carboxylic acid groups (broad SMARTS) is 1. The number of hydrogen-bond donors (Lipinski definition) is 3. The lowest BCUT2D eigenvalue weighted by Gasteiger charge is -2.08.